The van der Waals surface area contributed by atoms with Gasteiger partial charge in [0.1, 0.15) is 11.4 Å². The van der Waals surface area contributed by atoms with E-state index in [1.54, 1.807) is 6.92 Å². The molecule has 2 heterocycles. The van der Waals surface area contributed by atoms with Gasteiger partial charge < -0.3 is 14.9 Å². The summed E-state index contributed by atoms with van der Waals surface area (Å²) in [4.78, 5) is 26.5. The molecular formula is C18H22BrF3N4O3. The number of carbonyl (C=O) groups is 1. The number of carbonyl (C=O) groups excluding carboxylic acids is 1. The second-order valence-corrected chi connectivity index (χ2v) is 8.45. The highest BCUT2D eigenvalue weighted by atomic mass is 79.9. The number of alkyl halides is 3. The third kappa shape index (κ3) is 5.39. The van der Waals surface area contributed by atoms with Crippen molar-refractivity contribution >= 4 is 27.7 Å². The molecule has 0 aromatic carbocycles. The number of hydroxylamine groups is 1. The minimum absolute atomic E-state index is 0.0563. The Kier molecular flexibility index (Phi) is 6.09. The fraction of sp³-hybridized carbons (Fsp3) is 0.611. The minimum Gasteiger partial charge on any atom is -0.480 e. The van der Waals surface area contributed by atoms with Crippen molar-refractivity contribution in [3.05, 3.63) is 22.4 Å². The van der Waals surface area contributed by atoms with E-state index in [0.29, 0.717) is 18.2 Å². The molecule has 7 nitrogen and oxygen atoms in total. The maximum atomic E-state index is 12.9. The Morgan fingerprint density at radius 1 is 1.48 bits per heavy atom. The summed E-state index contributed by atoms with van der Waals surface area (Å²) < 4.78 is 43.6. The summed E-state index contributed by atoms with van der Waals surface area (Å²) in [6.07, 6.45) is -2.97. The van der Waals surface area contributed by atoms with Crippen LogP contribution in [0.15, 0.2) is 21.7 Å². The number of halogens is 4. The lowest BCUT2D eigenvalue weighted by Crippen LogP contribution is -2.57. The zero-order chi connectivity index (χ0) is 21.4. The van der Waals surface area contributed by atoms with Crippen LogP contribution < -0.4 is 15.5 Å². The SMILES string of the molecule is CC1=NC(C(C)(CC2CC2)NC(=O)c2cc(O[C@@H](C)C(F)(F)F)c(Br)cn2)NO1. The van der Waals surface area contributed by atoms with Crippen molar-refractivity contribution in [3.8, 4) is 5.75 Å². The summed E-state index contributed by atoms with van der Waals surface area (Å²) in [7, 11) is 0. The summed E-state index contributed by atoms with van der Waals surface area (Å²) >= 11 is 3.11. The van der Waals surface area contributed by atoms with Crippen molar-refractivity contribution in [2.45, 2.75) is 64.0 Å². The van der Waals surface area contributed by atoms with Gasteiger partial charge in [0.15, 0.2) is 12.3 Å². The van der Waals surface area contributed by atoms with E-state index < -0.39 is 29.9 Å². The van der Waals surface area contributed by atoms with E-state index in [0.717, 1.165) is 19.8 Å². The van der Waals surface area contributed by atoms with E-state index in [9.17, 15) is 18.0 Å². The Morgan fingerprint density at radius 2 is 2.17 bits per heavy atom. The molecule has 1 aliphatic heterocycles. The third-order valence-electron chi connectivity index (χ3n) is 4.86. The summed E-state index contributed by atoms with van der Waals surface area (Å²) in [5.41, 5.74) is 1.99. The van der Waals surface area contributed by atoms with Gasteiger partial charge in [0.05, 0.1) is 10.0 Å². The molecule has 0 spiro atoms. The number of hydrogen-bond donors (Lipinski definition) is 2. The maximum absolute atomic E-state index is 12.9. The molecule has 160 valence electrons. The van der Waals surface area contributed by atoms with Gasteiger partial charge in [0, 0.05) is 19.2 Å². The van der Waals surface area contributed by atoms with Crippen molar-refractivity contribution in [1.82, 2.24) is 15.8 Å². The lowest BCUT2D eigenvalue weighted by molar-refractivity contribution is -0.189. The molecule has 2 aliphatic rings. The van der Waals surface area contributed by atoms with Gasteiger partial charge in [-0.15, -0.1) is 5.48 Å². The molecule has 1 saturated carbocycles. The number of aliphatic imine (C=N–C) groups is 1. The number of nitrogens with zero attached hydrogens (tertiary/aromatic N) is 2. The van der Waals surface area contributed by atoms with Crippen molar-refractivity contribution in [2.24, 2.45) is 10.9 Å². The van der Waals surface area contributed by atoms with Gasteiger partial charge in [0.2, 0.25) is 5.90 Å². The van der Waals surface area contributed by atoms with Crippen LogP contribution in [0.2, 0.25) is 0 Å². The molecule has 0 saturated heterocycles. The third-order valence-corrected chi connectivity index (χ3v) is 5.45. The average molecular weight is 479 g/mol. The van der Waals surface area contributed by atoms with Gasteiger partial charge in [-0.1, -0.05) is 12.8 Å². The van der Waals surface area contributed by atoms with Gasteiger partial charge in [-0.25, -0.2) is 9.98 Å². The molecule has 11 heteroatoms. The van der Waals surface area contributed by atoms with Crippen LogP contribution in [0.3, 0.4) is 0 Å². The van der Waals surface area contributed by atoms with E-state index in [-0.39, 0.29) is 15.9 Å². The number of amides is 1. The molecule has 3 rings (SSSR count). The van der Waals surface area contributed by atoms with Gasteiger partial charge >= 0.3 is 6.18 Å². The van der Waals surface area contributed by atoms with Gasteiger partial charge in [-0.2, -0.15) is 13.2 Å². The first-order valence-corrected chi connectivity index (χ1v) is 9.95. The molecule has 1 amide bonds. The fourth-order valence-corrected chi connectivity index (χ4v) is 3.33. The molecular weight excluding hydrogens is 457 g/mol. The van der Waals surface area contributed by atoms with Crippen molar-refractivity contribution < 1.29 is 27.5 Å². The Balaban J connectivity index is 1.78. The van der Waals surface area contributed by atoms with E-state index in [2.05, 4.69) is 36.7 Å². The highest BCUT2D eigenvalue weighted by Crippen LogP contribution is 2.39. The summed E-state index contributed by atoms with van der Waals surface area (Å²) in [6.45, 7) is 4.45. The molecule has 0 radical (unpaired) electrons. The first kappa shape index (κ1) is 21.8. The topological polar surface area (TPSA) is 84.8 Å². The Bertz CT molecular complexity index is 816. The van der Waals surface area contributed by atoms with Gasteiger partial charge in [-0.05, 0) is 42.1 Å². The summed E-state index contributed by atoms with van der Waals surface area (Å²) in [5, 5.41) is 2.93. The Labute approximate surface area is 174 Å². The highest BCUT2D eigenvalue weighted by molar-refractivity contribution is 9.10. The predicted octanol–water partition coefficient (Wildman–Crippen LogP) is 3.74. The molecule has 3 atom stereocenters. The van der Waals surface area contributed by atoms with Crippen LogP contribution >= 0.6 is 15.9 Å². The lowest BCUT2D eigenvalue weighted by Gasteiger charge is -2.34. The van der Waals surface area contributed by atoms with Crippen LogP contribution in [-0.4, -0.2) is 40.8 Å². The zero-order valence-corrected chi connectivity index (χ0v) is 17.7. The fourth-order valence-electron chi connectivity index (χ4n) is 3.02. The average Bonchev–Trinajstić information content (AvgIpc) is 3.31. The number of aromatic nitrogens is 1. The first-order chi connectivity index (χ1) is 13.5. The van der Waals surface area contributed by atoms with Crippen molar-refractivity contribution in [3.63, 3.8) is 0 Å². The molecule has 1 aliphatic carbocycles. The normalized spacial score (nSPS) is 22.3. The molecule has 0 bridgehead atoms. The van der Waals surface area contributed by atoms with Crippen LogP contribution in [0.4, 0.5) is 13.2 Å². The second-order valence-electron chi connectivity index (χ2n) is 7.59. The smallest absolute Gasteiger partial charge is 0.425 e. The highest BCUT2D eigenvalue weighted by Gasteiger charge is 2.43. The number of nitrogens with one attached hydrogen (secondary N) is 2. The minimum atomic E-state index is -4.53. The monoisotopic (exact) mass is 478 g/mol. The largest absolute Gasteiger partial charge is 0.480 e. The van der Waals surface area contributed by atoms with Gasteiger partial charge in [-0.3, -0.25) is 4.79 Å². The van der Waals surface area contributed by atoms with E-state index in [4.69, 9.17) is 9.57 Å². The molecule has 1 aromatic heterocycles. The lowest BCUT2D eigenvalue weighted by atomic mass is 9.91. The molecule has 29 heavy (non-hydrogen) atoms. The number of rotatable bonds is 7. The van der Waals surface area contributed by atoms with Crippen molar-refractivity contribution in [2.75, 3.05) is 0 Å². The standard InChI is InChI=1S/C18H22BrF3N4O3/c1-9(18(20,21)22)28-14-6-13(23-8-12(14)19)15(27)25-17(3,7-11-4-5-11)16-24-10(2)29-26-16/h6,8-9,11,16,26H,4-5,7H2,1-3H3,(H,25,27)/t9-,16?,17?/m0/s1. The number of pyridine rings is 1. The van der Waals surface area contributed by atoms with Crippen LogP contribution in [0.25, 0.3) is 0 Å². The Morgan fingerprint density at radius 3 is 2.72 bits per heavy atom. The number of hydrogen-bond acceptors (Lipinski definition) is 6. The van der Waals surface area contributed by atoms with Crippen LogP contribution in [0, 0.1) is 5.92 Å². The Hall–Kier alpha value is -1.88. The zero-order valence-electron chi connectivity index (χ0n) is 16.1. The van der Waals surface area contributed by atoms with Crippen LogP contribution in [0.5, 0.6) is 5.75 Å². The van der Waals surface area contributed by atoms with E-state index >= 15 is 0 Å². The van der Waals surface area contributed by atoms with Crippen LogP contribution in [0.1, 0.15) is 50.5 Å². The molecule has 2 unspecified atom stereocenters. The van der Waals surface area contributed by atoms with E-state index in [1.165, 1.54) is 12.3 Å². The second kappa shape index (κ2) is 8.10. The maximum Gasteiger partial charge on any atom is 0.425 e. The summed E-state index contributed by atoms with van der Waals surface area (Å²) in [6, 6.07) is 1.19. The van der Waals surface area contributed by atoms with Gasteiger partial charge in [0.25, 0.3) is 5.91 Å². The van der Waals surface area contributed by atoms with E-state index in [1.807, 2.05) is 6.92 Å². The molecule has 1 fully saturated rings. The predicted molar refractivity (Wildman–Crippen MR) is 102 cm³/mol. The number of ether oxygens (including phenoxy) is 1. The van der Waals surface area contributed by atoms with Crippen molar-refractivity contribution in [1.29, 1.82) is 0 Å². The molecule has 2 N–H and O–H groups in total. The summed E-state index contributed by atoms with van der Waals surface area (Å²) in [5.74, 6) is 0.286. The molecule has 1 aromatic rings. The first-order valence-electron chi connectivity index (χ1n) is 9.16. The quantitative estimate of drug-likeness (QED) is 0.623. The van der Waals surface area contributed by atoms with Crippen LogP contribution in [-0.2, 0) is 4.84 Å².